The fourth-order valence-corrected chi connectivity index (χ4v) is 30.7. The zero-order valence-corrected chi connectivity index (χ0v) is 32.7. The van der Waals surface area contributed by atoms with E-state index in [1.165, 1.54) is 19.2 Å². The molecule has 1 aromatic carbocycles. The quantitative estimate of drug-likeness (QED) is 0.138. The van der Waals surface area contributed by atoms with E-state index in [-0.39, 0.29) is 0 Å². The molecule has 4 heterocycles. The molecule has 0 bridgehead atoms. The van der Waals surface area contributed by atoms with Gasteiger partial charge in [0.25, 0.3) is 0 Å². The van der Waals surface area contributed by atoms with E-state index < -0.39 is 16.1 Å². The molecular formula is C34H48N2S4Si2. The Kier molecular flexibility index (Phi) is 9.19. The Bertz CT molecular complexity index is 1470. The SMILES string of the molecule is CC(C)[Si](c1ccc(-c2nc3cc4sc(-c5ccc([Si](C(C)C)(C(C)C)C(C)C)s5)nc4cc3s2)s1)(C(C)C)C(C)C. The topological polar surface area (TPSA) is 25.8 Å². The minimum absolute atomic E-state index is 0.714. The Balaban J connectivity index is 1.50. The number of rotatable bonds is 10. The van der Waals surface area contributed by atoms with Crippen LogP contribution in [0, 0.1) is 0 Å². The smallest absolute Gasteiger partial charge is 0.134 e. The molecule has 0 unspecified atom stereocenters. The average molecular weight is 669 g/mol. The number of aromatic nitrogens is 2. The van der Waals surface area contributed by atoms with Crippen molar-refractivity contribution in [2.45, 2.75) is 116 Å². The summed E-state index contributed by atoms with van der Waals surface area (Å²) in [6.07, 6.45) is 0. The third-order valence-electron chi connectivity index (χ3n) is 10.1. The minimum atomic E-state index is -1.66. The van der Waals surface area contributed by atoms with Crippen LogP contribution in [0.15, 0.2) is 36.4 Å². The van der Waals surface area contributed by atoms with E-state index in [2.05, 4.69) is 119 Å². The van der Waals surface area contributed by atoms with Gasteiger partial charge in [0.2, 0.25) is 0 Å². The predicted octanol–water partition coefficient (Wildman–Crippen LogP) is 12.1. The maximum atomic E-state index is 5.17. The molecule has 8 heteroatoms. The highest BCUT2D eigenvalue weighted by atomic mass is 32.1. The van der Waals surface area contributed by atoms with Gasteiger partial charge in [-0.25, -0.2) is 9.97 Å². The molecule has 0 N–H and O–H groups in total. The van der Waals surface area contributed by atoms with Crippen molar-refractivity contribution in [3.05, 3.63) is 36.4 Å². The van der Waals surface area contributed by atoms with Gasteiger partial charge in [0.05, 0.1) is 30.2 Å². The standard InChI is InChI=1S/C34H48N2S4Si2/c1-19(2)41(20(3)4,21(5)6)31-15-13-27(37-31)33-35-25-17-30-26(18-29(25)39-33)36-34(40-30)28-14-16-32(38-28)42(22(7)8,23(9)10)24(11)12/h13-24H,1-12H3. The Morgan fingerprint density at radius 1 is 0.452 bits per heavy atom. The predicted molar refractivity (Wildman–Crippen MR) is 201 cm³/mol. The lowest BCUT2D eigenvalue weighted by atomic mass is 10.3. The fraction of sp³-hybridized carbons (Fsp3) is 0.529. The van der Waals surface area contributed by atoms with Crippen LogP contribution in [0.1, 0.15) is 83.1 Å². The first kappa shape index (κ1) is 32.2. The van der Waals surface area contributed by atoms with Crippen molar-refractivity contribution in [1.82, 2.24) is 9.97 Å². The van der Waals surface area contributed by atoms with Crippen LogP contribution in [-0.4, -0.2) is 26.1 Å². The summed E-state index contributed by atoms with van der Waals surface area (Å²) in [5.74, 6) is 0. The monoisotopic (exact) mass is 668 g/mol. The van der Waals surface area contributed by atoms with Gasteiger partial charge < -0.3 is 0 Å². The van der Waals surface area contributed by atoms with E-state index >= 15 is 0 Å². The van der Waals surface area contributed by atoms with Gasteiger partial charge >= 0.3 is 0 Å². The Morgan fingerprint density at radius 2 is 0.762 bits per heavy atom. The van der Waals surface area contributed by atoms with Gasteiger partial charge in [-0.3, -0.25) is 0 Å². The van der Waals surface area contributed by atoms with Crippen LogP contribution in [0.3, 0.4) is 0 Å². The second-order valence-corrected chi connectivity index (χ2v) is 30.6. The summed E-state index contributed by atoms with van der Waals surface area (Å²) in [6.45, 7) is 29.4. The van der Waals surface area contributed by atoms with Gasteiger partial charge in [-0.05, 0) is 66.5 Å². The first-order valence-electron chi connectivity index (χ1n) is 15.7. The molecule has 42 heavy (non-hydrogen) atoms. The van der Waals surface area contributed by atoms with Crippen LogP contribution in [0.5, 0.6) is 0 Å². The van der Waals surface area contributed by atoms with Gasteiger partial charge in [0.1, 0.15) is 26.2 Å². The normalized spacial score (nSPS) is 13.6. The summed E-state index contributed by atoms with van der Waals surface area (Å²) in [5.41, 5.74) is 6.49. The summed E-state index contributed by atoms with van der Waals surface area (Å²) >= 11 is 7.67. The molecule has 0 saturated carbocycles. The number of nitrogens with zero attached hydrogens (tertiary/aromatic N) is 2. The van der Waals surface area contributed by atoms with Crippen molar-refractivity contribution >= 4 is 90.9 Å². The molecule has 4 aromatic heterocycles. The number of fused-ring (bicyclic) bond motifs is 2. The Morgan fingerprint density at radius 3 is 1.05 bits per heavy atom. The summed E-state index contributed by atoms with van der Waals surface area (Å²) in [7, 11) is -3.32. The maximum absolute atomic E-state index is 5.17. The van der Waals surface area contributed by atoms with Crippen LogP contribution >= 0.6 is 45.3 Å². The van der Waals surface area contributed by atoms with E-state index in [4.69, 9.17) is 9.97 Å². The second kappa shape index (κ2) is 12.0. The first-order chi connectivity index (χ1) is 19.7. The molecule has 0 saturated heterocycles. The van der Waals surface area contributed by atoms with E-state index in [9.17, 15) is 0 Å². The summed E-state index contributed by atoms with van der Waals surface area (Å²) < 4.78 is 5.75. The highest BCUT2D eigenvalue weighted by Crippen LogP contribution is 2.46. The number of benzene rings is 1. The van der Waals surface area contributed by atoms with E-state index in [0.29, 0.717) is 33.2 Å². The molecule has 0 aliphatic carbocycles. The third-order valence-corrected chi connectivity index (χ3v) is 30.5. The lowest BCUT2D eigenvalue weighted by Gasteiger charge is -2.42. The molecule has 0 fully saturated rings. The van der Waals surface area contributed by atoms with Crippen molar-refractivity contribution in [2.24, 2.45) is 0 Å². The van der Waals surface area contributed by atoms with E-state index in [0.717, 1.165) is 21.0 Å². The average Bonchev–Trinajstić information content (AvgIpc) is 3.67. The van der Waals surface area contributed by atoms with Crippen LogP contribution in [0.2, 0.25) is 33.2 Å². The first-order valence-corrected chi connectivity index (χ1v) is 23.4. The zero-order valence-electron chi connectivity index (χ0n) is 27.5. The molecule has 5 aromatic rings. The third kappa shape index (κ3) is 5.06. The molecule has 0 amide bonds. The largest absolute Gasteiger partial charge is 0.235 e. The zero-order chi connectivity index (χ0) is 30.7. The van der Waals surface area contributed by atoms with E-state index in [1.807, 2.05) is 45.3 Å². The van der Waals surface area contributed by atoms with Crippen molar-refractivity contribution in [2.75, 3.05) is 0 Å². The van der Waals surface area contributed by atoms with Crippen LogP contribution in [-0.2, 0) is 0 Å². The van der Waals surface area contributed by atoms with Crippen LogP contribution in [0.25, 0.3) is 40.2 Å². The number of thiazole rings is 2. The van der Waals surface area contributed by atoms with Crippen molar-refractivity contribution in [1.29, 1.82) is 0 Å². The van der Waals surface area contributed by atoms with Gasteiger partial charge in [-0.2, -0.15) is 0 Å². The van der Waals surface area contributed by atoms with Crippen molar-refractivity contribution in [3.63, 3.8) is 0 Å². The second-order valence-electron chi connectivity index (χ2n) is 13.9. The Hall–Kier alpha value is -1.17. The van der Waals surface area contributed by atoms with Crippen LogP contribution in [0.4, 0.5) is 0 Å². The molecule has 0 radical (unpaired) electrons. The van der Waals surface area contributed by atoms with Crippen LogP contribution < -0.4 is 9.00 Å². The molecular weight excluding hydrogens is 621 g/mol. The Labute approximate surface area is 271 Å². The molecule has 0 aliphatic rings. The summed E-state index contributed by atoms with van der Waals surface area (Å²) in [4.78, 5) is 13.0. The highest BCUT2D eigenvalue weighted by Gasteiger charge is 2.46. The van der Waals surface area contributed by atoms with Gasteiger partial charge in [-0.15, -0.1) is 45.3 Å². The number of thiophene rings is 2. The number of hydrogen-bond acceptors (Lipinski definition) is 6. The molecule has 0 aliphatic heterocycles. The molecule has 0 spiro atoms. The van der Waals surface area contributed by atoms with Crippen molar-refractivity contribution in [3.8, 4) is 19.8 Å². The molecule has 0 atom stereocenters. The van der Waals surface area contributed by atoms with Gasteiger partial charge in [0, 0.05) is 0 Å². The summed E-state index contributed by atoms with van der Waals surface area (Å²) in [6, 6.07) is 14.1. The number of hydrogen-bond donors (Lipinski definition) is 0. The van der Waals surface area contributed by atoms with Gasteiger partial charge in [-0.1, -0.05) is 95.2 Å². The van der Waals surface area contributed by atoms with E-state index in [1.54, 1.807) is 9.00 Å². The lowest BCUT2D eigenvalue weighted by Crippen LogP contribution is -2.54. The highest BCUT2D eigenvalue weighted by molar-refractivity contribution is 7.33. The molecule has 2 nitrogen and oxygen atoms in total. The summed E-state index contributed by atoms with van der Waals surface area (Å²) in [5, 5.41) is 2.30. The molecule has 226 valence electrons. The molecule has 5 rings (SSSR count). The maximum Gasteiger partial charge on any atom is 0.134 e. The minimum Gasteiger partial charge on any atom is -0.235 e. The lowest BCUT2D eigenvalue weighted by molar-refractivity contribution is 0.837. The van der Waals surface area contributed by atoms with Gasteiger partial charge in [0.15, 0.2) is 0 Å². The van der Waals surface area contributed by atoms with Crippen molar-refractivity contribution < 1.29 is 0 Å². The fourth-order valence-electron chi connectivity index (χ4n) is 8.64.